The molecule has 0 aliphatic heterocycles. The van der Waals surface area contributed by atoms with Crippen LogP contribution in [-0.2, 0) is 27.3 Å². The van der Waals surface area contributed by atoms with Crippen LogP contribution in [0.1, 0.15) is 58.4 Å². The number of halogens is 3. The van der Waals surface area contributed by atoms with Gasteiger partial charge in [-0.3, -0.25) is 14.3 Å². The summed E-state index contributed by atoms with van der Waals surface area (Å²) in [5.41, 5.74) is 0.597. The summed E-state index contributed by atoms with van der Waals surface area (Å²) >= 11 is 0. The Labute approximate surface area is 258 Å². The number of carbonyl (C=O) groups excluding carboxylic acids is 1. The molecule has 2 aromatic carbocycles. The number of amides is 1. The number of nitrogens with one attached hydrogen (secondary N) is 1. The Morgan fingerprint density at radius 1 is 1.17 bits per heavy atom. The molecule has 1 saturated carbocycles. The van der Waals surface area contributed by atoms with Crippen LogP contribution in [0.5, 0.6) is 0 Å². The molecule has 212 valence electrons. The van der Waals surface area contributed by atoms with Gasteiger partial charge in [0.1, 0.15) is 0 Å². The second-order valence-corrected chi connectivity index (χ2v) is 11.9. The van der Waals surface area contributed by atoms with Crippen LogP contribution >= 0.6 is 7.82 Å². The molecule has 0 saturated heterocycles. The molecule has 1 aromatic heterocycles. The number of pyridine rings is 1. The van der Waals surface area contributed by atoms with Crippen molar-refractivity contribution in [2.24, 2.45) is 5.92 Å². The molecular weight excluding hydrogens is 567 g/mol. The summed E-state index contributed by atoms with van der Waals surface area (Å²) in [4.78, 5) is 38.1. The van der Waals surface area contributed by atoms with Crippen molar-refractivity contribution in [3.05, 3.63) is 94.8 Å². The number of anilines is 1. The van der Waals surface area contributed by atoms with Crippen molar-refractivity contribution in [3.8, 4) is 0 Å². The molecule has 0 bridgehead atoms. The Balaban J connectivity index is 0.00000387. The number of phosphoric acid groups is 1. The van der Waals surface area contributed by atoms with Gasteiger partial charge in [-0.25, -0.2) is 0 Å². The second kappa shape index (κ2) is 11.9. The minimum absolute atomic E-state index is 0. The first-order valence-corrected chi connectivity index (χ1v) is 14.5. The summed E-state index contributed by atoms with van der Waals surface area (Å²) < 4.78 is 59.0. The molecule has 5 rings (SSSR count). The van der Waals surface area contributed by atoms with E-state index in [1.165, 1.54) is 0 Å². The Kier molecular flexibility index (Phi) is 9.27. The first-order chi connectivity index (χ1) is 18.8. The summed E-state index contributed by atoms with van der Waals surface area (Å²) in [7, 11) is -5.67. The first-order valence-electron chi connectivity index (χ1n) is 13.0. The van der Waals surface area contributed by atoms with Crippen molar-refractivity contribution < 1.29 is 66.4 Å². The molecule has 1 amide bonds. The molecule has 1 unspecified atom stereocenters. The number of benzene rings is 2. The van der Waals surface area contributed by atoms with E-state index in [4.69, 9.17) is 0 Å². The average molecular weight is 597 g/mol. The summed E-state index contributed by atoms with van der Waals surface area (Å²) in [6.07, 6.45) is -3.43. The molecular formula is C29H29F3N2NaO5P. The summed E-state index contributed by atoms with van der Waals surface area (Å²) in [5, 5.41) is 2.87. The van der Waals surface area contributed by atoms with Gasteiger partial charge in [0, 0.05) is 17.2 Å². The van der Waals surface area contributed by atoms with E-state index in [0.717, 1.165) is 16.7 Å². The Hall–Kier alpha value is -2.04. The van der Waals surface area contributed by atoms with E-state index in [1.54, 1.807) is 37.4 Å². The predicted molar refractivity (Wildman–Crippen MR) is 141 cm³/mol. The van der Waals surface area contributed by atoms with E-state index in [1.807, 2.05) is 36.4 Å². The Bertz CT molecular complexity index is 1470. The number of phosphoric ester groups is 1. The third kappa shape index (κ3) is 6.49. The summed E-state index contributed by atoms with van der Waals surface area (Å²) in [6.45, 7) is 1.78. The van der Waals surface area contributed by atoms with Gasteiger partial charge in [-0.2, -0.15) is 13.2 Å². The molecule has 2 N–H and O–H groups in total. The number of aromatic nitrogens is 1. The van der Waals surface area contributed by atoms with Crippen molar-refractivity contribution in [1.29, 1.82) is 0 Å². The van der Waals surface area contributed by atoms with Gasteiger partial charge in [-0.15, -0.1) is 0 Å². The molecule has 2 aliphatic rings. The van der Waals surface area contributed by atoms with Crippen LogP contribution in [0.2, 0.25) is 0 Å². The molecule has 12 heteroatoms. The monoisotopic (exact) mass is 596 g/mol. The smallest absolute Gasteiger partial charge is 0.756 e. The van der Waals surface area contributed by atoms with Crippen molar-refractivity contribution in [2.45, 2.75) is 62.6 Å². The largest absolute Gasteiger partial charge is 1.00 e. The zero-order valence-electron chi connectivity index (χ0n) is 22.8. The molecule has 0 spiro atoms. The zero-order chi connectivity index (χ0) is 28.8. The Morgan fingerprint density at radius 3 is 2.56 bits per heavy atom. The molecule has 4 atom stereocenters. The number of hydrogen-bond acceptors (Lipinski definition) is 5. The quantitative estimate of drug-likeness (QED) is 0.335. The van der Waals surface area contributed by atoms with Gasteiger partial charge in [-0.1, -0.05) is 36.4 Å². The van der Waals surface area contributed by atoms with Gasteiger partial charge in [0.05, 0.1) is 11.4 Å². The summed E-state index contributed by atoms with van der Waals surface area (Å²) in [5.74, 6) is -0.903. The van der Waals surface area contributed by atoms with Gasteiger partial charge >= 0.3 is 35.7 Å². The maximum Gasteiger partial charge on any atom is 1.00 e. The number of alkyl halides is 3. The molecule has 1 heterocycles. The number of carbonyl (C=O) groups is 1. The minimum atomic E-state index is -5.67. The molecule has 2 aliphatic carbocycles. The number of rotatable bonds is 6. The normalized spacial score (nSPS) is 25.2. The molecule has 3 aromatic rings. The van der Waals surface area contributed by atoms with Crippen LogP contribution in [0.15, 0.2) is 66.9 Å². The molecule has 0 radical (unpaired) electrons. The fraction of sp³-hybridized carbons (Fsp3) is 0.379. The molecule has 1 fully saturated rings. The summed E-state index contributed by atoms with van der Waals surface area (Å²) in [6, 6.07) is 18.2. The van der Waals surface area contributed by atoms with Gasteiger partial charge < -0.3 is 19.6 Å². The van der Waals surface area contributed by atoms with Gasteiger partial charge in [0.25, 0.3) is 13.7 Å². The second-order valence-electron chi connectivity index (χ2n) is 10.8. The van der Waals surface area contributed by atoms with Crippen molar-refractivity contribution in [2.75, 3.05) is 5.32 Å². The topological polar surface area (TPSA) is 112 Å². The van der Waals surface area contributed by atoms with Crippen molar-refractivity contribution in [1.82, 2.24) is 4.98 Å². The molecule has 41 heavy (non-hydrogen) atoms. The number of fused-ring (bicyclic) bond motifs is 3. The maximum atomic E-state index is 14.3. The van der Waals surface area contributed by atoms with Crippen molar-refractivity contribution in [3.63, 3.8) is 0 Å². The van der Waals surface area contributed by atoms with Crippen LogP contribution in [0.3, 0.4) is 0 Å². The average Bonchev–Trinajstić information content (AvgIpc) is 2.89. The van der Waals surface area contributed by atoms with E-state index in [9.17, 15) is 32.3 Å². The van der Waals surface area contributed by atoms with Crippen LogP contribution < -0.4 is 39.8 Å². The third-order valence-corrected chi connectivity index (χ3v) is 9.00. The zero-order valence-corrected chi connectivity index (χ0v) is 25.7. The number of nitrogens with zero attached hydrogens (tertiary/aromatic N) is 1. The maximum absolute atomic E-state index is 14.3. The van der Waals surface area contributed by atoms with E-state index in [0.29, 0.717) is 36.2 Å². The van der Waals surface area contributed by atoms with Crippen LogP contribution in [0, 0.1) is 12.8 Å². The third-order valence-electron chi connectivity index (χ3n) is 8.42. The van der Waals surface area contributed by atoms with E-state index < -0.39 is 43.8 Å². The van der Waals surface area contributed by atoms with Gasteiger partial charge in [-0.05, 0) is 92.3 Å². The van der Waals surface area contributed by atoms with E-state index in [-0.39, 0.29) is 41.9 Å². The van der Waals surface area contributed by atoms with Crippen LogP contribution in [-0.4, -0.2) is 27.6 Å². The van der Waals surface area contributed by atoms with Crippen molar-refractivity contribution >= 4 is 19.4 Å². The van der Waals surface area contributed by atoms with Crippen LogP contribution in [0.4, 0.5) is 18.9 Å². The van der Waals surface area contributed by atoms with Gasteiger partial charge in [0.2, 0.25) is 0 Å². The standard InChI is InChI=1S/C29H30F3N2O5P.Na/c1-19-25(8-5-15-33-19)34-26(35)22-10-12-24-21(16-22)9-11-23-18-28(29(30,31)32,39-40(36,37)38)14-13-27(23,24)17-20-6-3-2-4-7-20;/h2-8,10,12,15-16,23H,9,11,13-14,17-18H2,1H3,(H,34,35)(H2,36,37,38);/q;+1/p-1/t23-,27+,28-;/m1./s1. The van der Waals surface area contributed by atoms with E-state index in [2.05, 4.69) is 14.8 Å². The molecule has 7 nitrogen and oxygen atoms in total. The fourth-order valence-electron chi connectivity index (χ4n) is 6.53. The first kappa shape index (κ1) is 31.9. The van der Waals surface area contributed by atoms with E-state index >= 15 is 0 Å². The number of hydrogen-bond donors (Lipinski definition) is 2. The minimum Gasteiger partial charge on any atom is -0.756 e. The fourth-order valence-corrected chi connectivity index (χ4v) is 7.24. The van der Waals surface area contributed by atoms with Crippen LogP contribution in [0.25, 0.3) is 0 Å². The Morgan fingerprint density at radius 2 is 1.90 bits per heavy atom. The number of aryl methyl sites for hydroxylation is 2. The SMILES string of the molecule is Cc1ncccc1NC(=O)c1ccc2c(c1)CC[C@@H]1C[C@@](OP(=O)([O-])O)(C(F)(F)F)CC[C@@]21Cc1ccccc1.[Na+]. The predicted octanol–water partition coefficient (Wildman–Crippen LogP) is 2.65. The van der Waals surface area contributed by atoms with Gasteiger partial charge in [0.15, 0.2) is 5.60 Å².